The molecule has 3 nitrogen and oxygen atoms in total. The Kier molecular flexibility index (Phi) is 4.37. The molecule has 0 radical (unpaired) electrons. The lowest BCUT2D eigenvalue weighted by atomic mass is 9.95. The van der Waals surface area contributed by atoms with E-state index in [1.807, 2.05) is 0 Å². The lowest BCUT2D eigenvalue weighted by Crippen LogP contribution is -2.30. The van der Waals surface area contributed by atoms with Gasteiger partial charge in [0.15, 0.2) is 0 Å². The molecule has 0 fully saturated rings. The SMILES string of the molecule is Cc1cc(C)cc(N2CCc3ccc(CCC(=O)O)cc3C2)c1. The number of anilines is 1. The molecule has 0 bridgehead atoms. The topological polar surface area (TPSA) is 40.5 Å². The molecule has 3 heteroatoms. The monoisotopic (exact) mass is 309 g/mol. The molecule has 0 spiro atoms. The third-order valence-electron chi connectivity index (χ3n) is 4.48. The Morgan fingerprint density at radius 1 is 1.09 bits per heavy atom. The van der Waals surface area contributed by atoms with Gasteiger partial charge in [-0.3, -0.25) is 4.79 Å². The standard InChI is InChI=1S/C20H23NO2/c1-14-9-15(2)11-19(10-14)21-8-7-17-5-3-16(4-6-20(22)23)12-18(17)13-21/h3,5,9-12H,4,6-8,13H2,1-2H3,(H,22,23). The van der Waals surface area contributed by atoms with E-state index in [2.05, 4.69) is 55.1 Å². The van der Waals surface area contributed by atoms with Gasteiger partial charge in [-0.15, -0.1) is 0 Å². The summed E-state index contributed by atoms with van der Waals surface area (Å²) in [5.41, 5.74) is 7.71. The summed E-state index contributed by atoms with van der Waals surface area (Å²) >= 11 is 0. The fourth-order valence-electron chi connectivity index (χ4n) is 3.37. The van der Waals surface area contributed by atoms with Crippen LogP contribution in [0.4, 0.5) is 5.69 Å². The molecule has 0 atom stereocenters. The normalized spacial score (nSPS) is 13.7. The van der Waals surface area contributed by atoms with Crippen LogP contribution in [0.5, 0.6) is 0 Å². The Bertz CT molecular complexity index is 716. The fourth-order valence-corrected chi connectivity index (χ4v) is 3.37. The molecular weight excluding hydrogens is 286 g/mol. The number of aryl methyl sites for hydroxylation is 3. The van der Waals surface area contributed by atoms with Crippen molar-refractivity contribution in [3.63, 3.8) is 0 Å². The number of benzene rings is 2. The molecule has 0 saturated heterocycles. The van der Waals surface area contributed by atoms with Gasteiger partial charge in [0.25, 0.3) is 0 Å². The molecule has 120 valence electrons. The van der Waals surface area contributed by atoms with Crippen molar-refractivity contribution in [2.75, 3.05) is 11.4 Å². The van der Waals surface area contributed by atoms with E-state index in [1.165, 1.54) is 27.9 Å². The molecule has 0 unspecified atom stereocenters. The summed E-state index contributed by atoms with van der Waals surface area (Å²) in [5.74, 6) is -0.736. The van der Waals surface area contributed by atoms with Crippen molar-refractivity contribution < 1.29 is 9.90 Å². The van der Waals surface area contributed by atoms with E-state index in [9.17, 15) is 4.79 Å². The first-order valence-corrected chi connectivity index (χ1v) is 8.17. The first kappa shape index (κ1) is 15.6. The molecule has 23 heavy (non-hydrogen) atoms. The quantitative estimate of drug-likeness (QED) is 0.931. The second kappa shape index (κ2) is 6.45. The fraction of sp³-hybridized carbons (Fsp3) is 0.350. The Morgan fingerprint density at radius 3 is 2.52 bits per heavy atom. The van der Waals surface area contributed by atoms with Crippen LogP contribution in [-0.2, 0) is 24.2 Å². The van der Waals surface area contributed by atoms with Gasteiger partial charge in [-0.1, -0.05) is 24.3 Å². The molecule has 3 rings (SSSR count). The molecule has 2 aromatic carbocycles. The summed E-state index contributed by atoms with van der Waals surface area (Å²) in [6, 6.07) is 13.1. The maximum atomic E-state index is 10.8. The van der Waals surface area contributed by atoms with Gasteiger partial charge in [0.2, 0.25) is 0 Å². The Balaban J connectivity index is 1.81. The first-order valence-electron chi connectivity index (χ1n) is 8.17. The van der Waals surface area contributed by atoms with E-state index in [1.54, 1.807) is 0 Å². The predicted molar refractivity (Wildman–Crippen MR) is 93.1 cm³/mol. The average molecular weight is 309 g/mol. The number of rotatable bonds is 4. The highest BCUT2D eigenvalue weighted by Crippen LogP contribution is 2.27. The molecule has 1 aliphatic rings. The zero-order valence-electron chi connectivity index (χ0n) is 13.8. The molecule has 0 aliphatic carbocycles. The largest absolute Gasteiger partial charge is 0.481 e. The number of aliphatic carboxylic acids is 1. The molecule has 1 N–H and O–H groups in total. The van der Waals surface area contributed by atoms with Gasteiger partial charge in [-0.05, 0) is 66.6 Å². The van der Waals surface area contributed by atoms with Crippen LogP contribution in [0, 0.1) is 13.8 Å². The summed E-state index contributed by atoms with van der Waals surface area (Å²) in [6.45, 7) is 6.21. The minimum atomic E-state index is -0.736. The molecule has 1 aliphatic heterocycles. The second-order valence-corrected chi connectivity index (χ2v) is 6.51. The number of nitrogens with zero attached hydrogens (tertiary/aromatic N) is 1. The number of hydrogen-bond acceptors (Lipinski definition) is 2. The van der Waals surface area contributed by atoms with Crippen LogP contribution in [0.3, 0.4) is 0 Å². The second-order valence-electron chi connectivity index (χ2n) is 6.51. The Labute approximate surface area is 137 Å². The van der Waals surface area contributed by atoms with Crippen LogP contribution in [0.1, 0.15) is 34.2 Å². The van der Waals surface area contributed by atoms with Gasteiger partial charge in [0.05, 0.1) is 0 Å². The van der Waals surface area contributed by atoms with E-state index < -0.39 is 5.97 Å². The van der Waals surface area contributed by atoms with Crippen molar-refractivity contribution in [3.05, 3.63) is 64.2 Å². The van der Waals surface area contributed by atoms with Crippen molar-refractivity contribution >= 4 is 11.7 Å². The minimum Gasteiger partial charge on any atom is -0.481 e. The predicted octanol–water partition coefficient (Wildman–Crippen LogP) is 3.88. The van der Waals surface area contributed by atoms with E-state index in [0.29, 0.717) is 6.42 Å². The molecular formula is C20H23NO2. The minimum absolute atomic E-state index is 0.194. The summed E-state index contributed by atoms with van der Waals surface area (Å²) in [5, 5.41) is 8.85. The van der Waals surface area contributed by atoms with E-state index in [4.69, 9.17) is 5.11 Å². The van der Waals surface area contributed by atoms with Gasteiger partial charge in [-0.2, -0.15) is 0 Å². The number of fused-ring (bicyclic) bond motifs is 1. The van der Waals surface area contributed by atoms with Gasteiger partial charge < -0.3 is 10.0 Å². The number of carbonyl (C=O) groups is 1. The van der Waals surface area contributed by atoms with Gasteiger partial charge in [-0.25, -0.2) is 0 Å². The van der Waals surface area contributed by atoms with Crippen molar-refractivity contribution in [2.45, 2.75) is 39.7 Å². The first-order chi connectivity index (χ1) is 11.0. The molecule has 2 aromatic rings. The number of hydrogen-bond donors (Lipinski definition) is 1. The van der Waals surface area contributed by atoms with E-state index >= 15 is 0 Å². The molecule has 1 heterocycles. The van der Waals surface area contributed by atoms with Gasteiger partial charge in [0, 0.05) is 25.2 Å². The van der Waals surface area contributed by atoms with Crippen molar-refractivity contribution in [1.82, 2.24) is 0 Å². The smallest absolute Gasteiger partial charge is 0.303 e. The maximum Gasteiger partial charge on any atom is 0.303 e. The van der Waals surface area contributed by atoms with Crippen molar-refractivity contribution in [3.8, 4) is 0 Å². The van der Waals surface area contributed by atoms with Gasteiger partial charge in [0.1, 0.15) is 0 Å². The average Bonchev–Trinajstić information content (AvgIpc) is 2.51. The van der Waals surface area contributed by atoms with Crippen molar-refractivity contribution in [1.29, 1.82) is 0 Å². The highest BCUT2D eigenvalue weighted by atomic mass is 16.4. The molecule has 0 aromatic heterocycles. The lowest BCUT2D eigenvalue weighted by Gasteiger charge is -2.31. The molecule has 0 amide bonds. The summed E-state index contributed by atoms with van der Waals surface area (Å²) in [4.78, 5) is 13.2. The van der Waals surface area contributed by atoms with Crippen LogP contribution in [0.2, 0.25) is 0 Å². The zero-order chi connectivity index (χ0) is 16.4. The summed E-state index contributed by atoms with van der Waals surface area (Å²) in [7, 11) is 0. The third-order valence-corrected chi connectivity index (χ3v) is 4.48. The number of carboxylic acid groups (broad SMARTS) is 1. The number of carboxylic acids is 1. The van der Waals surface area contributed by atoms with Gasteiger partial charge >= 0.3 is 5.97 Å². The maximum absolute atomic E-state index is 10.8. The molecule has 0 saturated carbocycles. The highest BCUT2D eigenvalue weighted by Gasteiger charge is 2.17. The lowest BCUT2D eigenvalue weighted by molar-refractivity contribution is -0.136. The van der Waals surface area contributed by atoms with Crippen LogP contribution >= 0.6 is 0 Å². The van der Waals surface area contributed by atoms with Crippen molar-refractivity contribution in [2.24, 2.45) is 0 Å². The Hall–Kier alpha value is -2.29. The van der Waals surface area contributed by atoms with Crippen LogP contribution in [0.25, 0.3) is 0 Å². The van der Waals surface area contributed by atoms with Crippen LogP contribution in [0.15, 0.2) is 36.4 Å². The highest BCUT2D eigenvalue weighted by molar-refractivity contribution is 5.67. The van der Waals surface area contributed by atoms with E-state index in [-0.39, 0.29) is 6.42 Å². The Morgan fingerprint density at radius 2 is 1.83 bits per heavy atom. The third kappa shape index (κ3) is 3.73. The summed E-state index contributed by atoms with van der Waals surface area (Å²) in [6.07, 6.45) is 1.84. The zero-order valence-corrected chi connectivity index (χ0v) is 13.8. The summed E-state index contributed by atoms with van der Waals surface area (Å²) < 4.78 is 0. The van der Waals surface area contributed by atoms with Crippen LogP contribution < -0.4 is 4.90 Å². The van der Waals surface area contributed by atoms with E-state index in [0.717, 1.165) is 25.1 Å². The van der Waals surface area contributed by atoms with Crippen LogP contribution in [-0.4, -0.2) is 17.6 Å².